The lowest BCUT2D eigenvalue weighted by molar-refractivity contribution is -0.157. The highest BCUT2D eigenvalue weighted by Crippen LogP contribution is 2.37. The molecule has 0 unspecified atom stereocenters. The summed E-state index contributed by atoms with van der Waals surface area (Å²) in [4.78, 5) is 36.6. The molecule has 0 aromatic rings. The molecule has 3 aliphatic rings. The number of esters is 2. The molecule has 0 amide bonds. The largest absolute Gasteiger partial charge is 0.469 e. The third-order valence-corrected chi connectivity index (χ3v) is 11.1. The van der Waals surface area contributed by atoms with E-state index in [1.807, 2.05) is 0 Å². The number of methoxy groups -OCH3 is 2. The van der Waals surface area contributed by atoms with Crippen molar-refractivity contribution in [3.63, 3.8) is 0 Å². The number of ether oxygens (including phenoxy) is 2. The summed E-state index contributed by atoms with van der Waals surface area (Å²) in [6.07, 6.45) is 16.4. The predicted molar refractivity (Wildman–Crippen MR) is 151 cm³/mol. The third kappa shape index (κ3) is 11.0. The van der Waals surface area contributed by atoms with Gasteiger partial charge < -0.3 is 14.6 Å². The van der Waals surface area contributed by atoms with E-state index in [4.69, 9.17) is 5.11 Å². The van der Waals surface area contributed by atoms with Crippen LogP contribution in [0.25, 0.3) is 0 Å². The maximum atomic E-state index is 12.2. The fourth-order valence-electron chi connectivity index (χ4n) is 5.54. The van der Waals surface area contributed by atoms with Gasteiger partial charge in [0.1, 0.15) is 0 Å². The van der Waals surface area contributed by atoms with Crippen LogP contribution in [0.3, 0.4) is 0 Å². The second-order valence-electron chi connectivity index (χ2n) is 12.2. The van der Waals surface area contributed by atoms with E-state index in [2.05, 4.69) is 14.5 Å². The van der Waals surface area contributed by atoms with E-state index >= 15 is 0 Å². The molecule has 3 aliphatic carbocycles. The molecule has 0 saturated heterocycles. The second-order valence-corrected chi connectivity index (χ2v) is 15.0. The summed E-state index contributed by atoms with van der Waals surface area (Å²) >= 11 is 0. The molecule has 226 valence electrons. The maximum absolute atomic E-state index is 12.2. The molecule has 0 heterocycles. The van der Waals surface area contributed by atoms with Gasteiger partial charge in [0, 0.05) is 0 Å². The van der Waals surface area contributed by atoms with Gasteiger partial charge in [0.25, 0.3) is 0 Å². The van der Waals surface area contributed by atoms with Crippen LogP contribution in [0.5, 0.6) is 0 Å². The second kappa shape index (κ2) is 16.5. The highest BCUT2D eigenvalue weighted by molar-refractivity contribution is 7.92. The van der Waals surface area contributed by atoms with E-state index in [1.165, 1.54) is 39.9 Å². The van der Waals surface area contributed by atoms with Crippen LogP contribution in [0.2, 0.25) is 0 Å². The van der Waals surface area contributed by atoms with Gasteiger partial charge in [-0.05, 0) is 59.3 Å². The van der Waals surface area contributed by atoms with Crippen molar-refractivity contribution >= 4 is 27.9 Å². The average Bonchev–Trinajstić information content (AvgIpc) is 2.93. The molecular weight excluding hydrogens is 522 g/mol. The monoisotopic (exact) mass is 573 g/mol. The molecule has 1 N–H and O–H groups in total. The Labute approximate surface area is 235 Å². The van der Waals surface area contributed by atoms with Crippen LogP contribution in [0.4, 0.5) is 0 Å². The zero-order valence-corrected chi connectivity index (χ0v) is 25.6. The number of hydrogen-bond donors (Lipinski definition) is 1. The molecule has 3 saturated carbocycles. The van der Waals surface area contributed by atoms with E-state index in [9.17, 15) is 22.8 Å². The van der Waals surface area contributed by atoms with Crippen molar-refractivity contribution in [1.82, 2.24) is 0 Å². The SMILES string of the molecule is CC(C)(C)S(=O)(=O)CC1(N=C=O)CCCCC1.COC(=O)C1(CO)CCCCC1.COC(=O)C1CCCCC1. The standard InChI is InChI=1S/C12H21NO3S.C9H16O3.C8H14O2/c1-11(2,3)17(15,16)9-12(13-10-14)7-5-4-6-8-12;1-12-8(11)9(7-10)5-3-2-4-6-9;1-10-8(9)7-5-3-2-4-6-7/h4-9H2,1-3H3;10H,2-7H2,1H3;7H,2-6H2,1H3. The van der Waals surface area contributed by atoms with E-state index in [0.29, 0.717) is 12.8 Å². The number of nitrogens with zero attached hydrogens (tertiary/aromatic N) is 1. The Kier molecular flexibility index (Phi) is 14.9. The molecule has 0 aromatic heterocycles. The lowest BCUT2D eigenvalue weighted by atomic mass is 9.75. The molecule has 9 nitrogen and oxygen atoms in total. The molecule has 0 aliphatic heterocycles. The minimum atomic E-state index is -3.25. The average molecular weight is 574 g/mol. The Morgan fingerprint density at radius 3 is 1.77 bits per heavy atom. The lowest BCUT2D eigenvalue weighted by Crippen LogP contribution is -2.43. The topological polar surface area (TPSA) is 136 Å². The predicted octanol–water partition coefficient (Wildman–Crippen LogP) is 5.08. The molecule has 0 bridgehead atoms. The first kappa shape index (κ1) is 35.3. The summed E-state index contributed by atoms with van der Waals surface area (Å²) in [5.41, 5.74) is -1.29. The number of aliphatic hydroxyl groups is 1. The Balaban J connectivity index is 0.000000305. The Bertz CT molecular complexity index is 900. The molecule has 0 radical (unpaired) electrons. The Morgan fingerprint density at radius 2 is 1.36 bits per heavy atom. The molecule has 39 heavy (non-hydrogen) atoms. The summed E-state index contributed by atoms with van der Waals surface area (Å²) in [5, 5.41) is 9.14. The molecule has 0 spiro atoms. The number of aliphatic hydroxyl groups excluding tert-OH is 1. The maximum Gasteiger partial charge on any atom is 0.314 e. The van der Waals surface area contributed by atoms with Gasteiger partial charge in [-0.15, -0.1) is 0 Å². The van der Waals surface area contributed by atoms with Gasteiger partial charge in [0.05, 0.1) is 48.2 Å². The van der Waals surface area contributed by atoms with Crippen molar-refractivity contribution in [2.45, 2.75) is 127 Å². The number of carbonyl (C=O) groups excluding carboxylic acids is 3. The highest BCUT2D eigenvalue weighted by atomic mass is 32.2. The molecule has 0 aromatic carbocycles. The van der Waals surface area contributed by atoms with Gasteiger partial charge in [-0.3, -0.25) is 9.59 Å². The van der Waals surface area contributed by atoms with Gasteiger partial charge in [-0.25, -0.2) is 13.2 Å². The fraction of sp³-hybridized carbons (Fsp3) is 0.897. The Morgan fingerprint density at radius 1 is 0.872 bits per heavy atom. The molecular formula is C29H51NO8S. The highest BCUT2D eigenvalue weighted by Gasteiger charge is 2.41. The van der Waals surface area contributed by atoms with Crippen LogP contribution in [-0.4, -0.2) is 68.4 Å². The van der Waals surface area contributed by atoms with Gasteiger partial charge in [-0.2, -0.15) is 4.99 Å². The van der Waals surface area contributed by atoms with Gasteiger partial charge >= 0.3 is 11.9 Å². The van der Waals surface area contributed by atoms with Crippen LogP contribution in [0.15, 0.2) is 4.99 Å². The number of sulfone groups is 1. The normalized spacial score (nSPS) is 21.0. The van der Waals surface area contributed by atoms with Gasteiger partial charge in [-0.1, -0.05) is 57.8 Å². The van der Waals surface area contributed by atoms with Gasteiger partial charge in [0.15, 0.2) is 9.84 Å². The quantitative estimate of drug-likeness (QED) is 0.264. The fourth-order valence-corrected chi connectivity index (χ4v) is 7.04. The van der Waals surface area contributed by atoms with Crippen LogP contribution in [0.1, 0.15) is 117 Å². The first-order valence-electron chi connectivity index (χ1n) is 14.4. The number of aliphatic imine (C=N–C) groups is 1. The number of rotatable bonds is 6. The molecule has 3 fully saturated rings. The van der Waals surface area contributed by atoms with E-state index in [-0.39, 0.29) is 30.2 Å². The minimum Gasteiger partial charge on any atom is -0.469 e. The van der Waals surface area contributed by atoms with Crippen molar-refractivity contribution in [2.24, 2.45) is 16.3 Å². The first-order chi connectivity index (χ1) is 18.3. The summed E-state index contributed by atoms with van der Waals surface area (Å²) in [6, 6.07) is 0. The summed E-state index contributed by atoms with van der Waals surface area (Å²) < 4.78 is 33.0. The zero-order valence-electron chi connectivity index (χ0n) is 24.8. The van der Waals surface area contributed by atoms with Crippen LogP contribution in [-0.2, 0) is 33.7 Å². The van der Waals surface area contributed by atoms with Crippen molar-refractivity contribution < 1.29 is 37.4 Å². The van der Waals surface area contributed by atoms with Crippen molar-refractivity contribution in [3.8, 4) is 0 Å². The van der Waals surface area contributed by atoms with Crippen molar-refractivity contribution in [3.05, 3.63) is 0 Å². The smallest absolute Gasteiger partial charge is 0.314 e. The zero-order chi connectivity index (χ0) is 29.6. The first-order valence-corrected chi connectivity index (χ1v) is 16.1. The molecule has 10 heteroatoms. The summed E-state index contributed by atoms with van der Waals surface area (Å²) in [6.45, 7) is 4.98. The summed E-state index contributed by atoms with van der Waals surface area (Å²) in [7, 11) is -0.398. The third-order valence-electron chi connectivity index (χ3n) is 8.33. The minimum absolute atomic E-state index is 0.0142. The van der Waals surface area contributed by atoms with E-state index in [0.717, 1.165) is 57.8 Å². The van der Waals surface area contributed by atoms with Crippen LogP contribution < -0.4 is 0 Å². The molecule has 3 rings (SSSR count). The van der Waals surface area contributed by atoms with Crippen molar-refractivity contribution in [2.75, 3.05) is 26.6 Å². The molecule has 0 atom stereocenters. The number of isocyanates is 1. The Hall–Kier alpha value is -1.77. The van der Waals surface area contributed by atoms with E-state index < -0.39 is 25.5 Å². The van der Waals surface area contributed by atoms with Crippen LogP contribution >= 0.6 is 0 Å². The summed E-state index contributed by atoms with van der Waals surface area (Å²) in [5.74, 6) is -0.0817. The van der Waals surface area contributed by atoms with Crippen LogP contribution in [0, 0.1) is 11.3 Å². The van der Waals surface area contributed by atoms with Gasteiger partial charge in [0.2, 0.25) is 6.08 Å². The van der Waals surface area contributed by atoms with E-state index in [1.54, 1.807) is 26.9 Å². The van der Waals surface area contributed by atoms with Crippen molar-refractivity contribution in [1.29, 1.82) is 0 Å². The number of hydrogen-bond acceptors (Lipinski definition) is 9. The number of carbonyl (C=O) groups is 2. The lowest BCUT2D eigenvalue weighted by Gasteiger charge is -2.34.